The van der Waals surface area contributed by atoms with Crippen LogP contribution in [0.3, 0.4) is 0 Å². The molecule has 2 rings (SSSR count). The van der Waals surface area contributed by atoms with Gasteiger partial charge in [0.1, 0.15) is 5.82 Å². The number of aryl methyl sites for hydroxylation is 1. The number of likely N-dealkylation sites (N-methyl/N-ethyl adjacent to an activating group) is 1. The topological polar surface area (TPSA) is 40.5 Å². The Hall–Kier alpha value is -2.36. The van der Waals surface area contributed by atoms with Crippen molar-refractivity contribution >= 4 is 11.7 Å². The molecule has 1 atom stereocenters. The molecule has 0 aromatic heterocycles. The number of carbonyl (C=O) groups is 1. The van der Waals surface area contributed by atoms with Crippen LogP contribution in [-0.2, 0) is 4.79 Å². The Bertz CT molecular complexity index is 627. The quantitative estimate of drug-likeness (QED) is 0.928. The number of nitrogens with zero attached hydrogens (tertiary/aromatic N) is 1. The second-order valence-corrected chi connectivity index (χ2v) is 4.66. The van der Waals surface area contributed by atoms with Crippen LogP contribution in [0.1, 0.15) is 17.2 Å². The van der Waals surface area contributed by atoms with E-state index in [2.05, 4.69) is 0 Å². The van der Waals surface area contributed by atoms with Gasteiger partial charge in [-0.25, -0.2) is 9.18 Å². The van der Waals surface area contributed by atoms with E-state index in [1.54, 1.807) is 24.1 Å². The van der Waals surface area contributed by atoms with Gasteiger partial charge in [-0.05, 0) is 24.6 Å². The van der Waals surface area contributed by atoms with Crippen molar-refractivity contribution in [1.82, 2.24) is 0 Å². The highest BCUT2D eigenvalue weighted by atomic mass is 19.1. The number of halogens is 1. The highest BCUT2D eigenvalue weighted by Gasteiger charge is 2.28. The first-order chi connectivity index (χ1) is 9.52. The van der Waals surface area contributed by atoms with E-state index in [1.807, 2.05) is 31.2 Å². The number of carboxylic acid groups (broad SMARTS) is 1. The molecule has 0 spiro atoms. The van der Waals surface area contributed by atoms with Gasteiger partial charge in [-0.15, -0.1) is 0 Å². The molecule has 104 valence electrons. The Morgan fingerprint density at radius 1 is 1.15 bits per heavy atom. The molecule has 1 N–H and O–H groups in total. The largest absolute Gasteiger partial charge is 0.479 e. The monoisotopic (exact) mass is 273 g/mol. The standard InChI is InChI=1S/C16H16FNO2/c1-11-7-3-6-10-14(11)18(2)15(16(19)20)12-8-4-5-9-13(12)17/h3-10,15H,1-2H3,(H,19,20). The zero-order valence-corrected chi connectivity index (χ0v) is 11.4. The first-order valence-electron chi connectivity index (χ1n) is 6.28. The van der Waals surface area contributed by atoms with Crippen molar-refractivity contribution in [3.63, 3.8) is 0 Å². The van der Waals surface area contributed by atoms with Crippen LogP contribution < -0.4 is 4.90 Å². The summed E-state index contributed by atoms with van der Waals surface area (Å²) >= 11 is 0. The second-order valence-electron chi connectivity index (χ2n) is 4.66. The molecule has 2 aromatic carbocycles. The van der Waals surface area contributed by atoms with E-state index in [-0.39, 0.29) is 5.56 Å². The van der Waals surface area contributed by atoms with Crippen molar-refractivity contribution in [2.75, 3.05) is 11.9 Å². The third kappa shape index (κ3) is 2.64. The normalized spacial score (nSPS) is 11.9. The van der Waals surface area contributed by atoms with E-state index in [4.69, 9.17) is 0 Å². The molecule has 3 nitrogen and oxygen atoms in total. The molecule has 0 aliphatic heterocycles. The molecule has 0 amide bonds. The predicted molar refractivity (Wildman–Crippen MR) is 76.4 cm³/mol. The number of rotatable bonds is 4. The number of aliphatic carboxylic acids is 1. The average Bonchev–Trinajstić information content (AvgIpc) is 2.41. The van der Waals surface area contributed by atoms with E-state index < -0.39 is 17.8 Å². The van der Waals surface area contributed by atoms with Crippen molar-refractivity contribution in [1.29, 1.82) is 0 Å². The summed E-state index contributed by atoms with van der Waals surface area (Å²) in [5.74, 6) is -1.60. The van der Waals surface area contributed by atoms with Crippen LogP contribution in [0.5, 0.6) is 0 Å². The van der Waals surface area contributed by atoms with Gasteiger partial charge in [0.2, 0.25) is 0 Å². The number of hydrogen-bond acceptors (Lipinski definition) is 2. The minimum absolute atomic E-state index is 0.158. The van der Waals surface area contributed by atoms with Gasteiger partial charge in [0, 0.05) is 18.3 Å². The molecule has 0 bridgehead atoms. The van der Waals surface area contributed by atoms with E-state index in [9.17, 15) is 14.3 Å². The molecule has 0 saturated carbocycles. The molecule has 0 radical (unpaired) electrons. The zero-order valence-electron chi connectivity index (χ0n) is 11.4. The molecule has 0 saturated heterocycles. The highest BCUT2D eigenvalue weighted by molar-refractivity contribution is 5.80. The van der Waals surface area contributed by atoms with Crippen LogP contribution in [0.15, 0.2) is 48.5 Å². The Morgan fingerprint density at radius 3 is 2.35 bits per heavy atom. The maximum Gasteiger partial charge on any atom is 0.331 e. The lowest BCUT2D eigenvalue weighted by Gasteiger charge is -2.28. The third-order valence-corrected chi connectivity index (χ3v) is 3.32. The van der Waals surface area contributed by atoms with Gasteiger partial charge >= 0.3 is 5.97 Å². The maximum absolute atomic E-state index is 13.9. The summed E-state index contributed by atoms with van der Waals surface area (Å²) in [5.41, 5.74) is 1.87. The Morgan fingerprint density at radius 2 is 1.75 bits per heavy atom. The van der Waals surface area contributed by atoms with E-state index >= 15 is 0 Å². The highest BCUT2D eigenvalue weighted by Crippen LogP contribution is 2.29. The fraction of sp³-hybridized carbons (Fsp3) is 0.188. The van der Waals surface area contributed by atoms with Gasteiger partial charge in [0.05, 0.1) is 0 Å². The summed E-state index contributed by atoms with van der Waals surface area (Å²) < 4.78 is 13.9. The minimum Gasteiger partial charge on any atom is -0.479 e. The fourth-order valence-electron chi connectivity index (χ4n) is 2.30. The number of anilines is 1. The Kier molecular flexibility index (Phi) is 4.03. The average molecular weight is 273 g/mol. The van der Waals surface area contributed by atoms with Crippen molar-refractivity contribution in [3.05, 3.63) is 65.5 Å². The summed E-state index contributed by atoms with van der Waals surface area (Å²) in [6.07, 6.45) is 0. The molecular formula is C16H16FNO2. The summed E-state index contributed by atoms with van der Waals surface area (Å²) in [5, 5.41) is 9.47. The first kappa shape index (κ1) is 14.1. The third-order valence-electron chi connectivity index (χ3n) is 3.32. The molecule has 1 unspecified atom stereocenters. The van der Waals surface area contributed by atoms with Crippen LogP contribution in [0.2, 0.25) is 0 Å². The van der Waals surface area contributed by atoms with Crippen molar-refractivity contribution in [3.8, 4) is 0 Å². The van der Waals surface area contributed by atoms with Gasteiger partial charge in [-0.1, -0.05) is 36.4 Å². The van der Waals surface area contributed by atoms with Gasteiger partial charge in [-0.3, -0.25) is 0 Å². The van der Waals surface area contributed by atoms with Gasteiger partial charge in [-0.2, -0.15) is 0 Å². The van der Waals surface area contributed by atoms with E-state index in [0.29, 0.717) is 0 Å². The van der Waals surface area contributed by atoms with Gasteiger partial charge < -0.3 is 10.0 Å². The molecular weight excluding hydrogens is 257 g/mol. The molecule has 0 aliphatic carbocycles. The van der Waals surface area contributed by atoms with Crippen LogP contribution in [0.4, 0.5) is 10.1 Å². The molecule has 20 heavy (non-hydrogen) atoms. The molecule has 2 aromatic rings. The Labute approximate surface area is 117 Å². The smallest absolute Gasteiger partial charge is 0.331 e. The maximum atomic E-state index is 13.9. The molecule has 4 heteroatoms. The lowest BCUT2D eigenvalue weighted by atomic mass is 10.0. The van der Waals surface area contributed by atoms with Gasteiger partial charge in [0.25, 0.3) is 0 Å². The predicted octanol–water partition coefficient (Wildman–Crippen LogP) is 3.40. The zero-order chi connectivity index (χ0) is 14.7. The number of benzene rings is 2. The fourth-order valence-corrected chi connectivity index (χ4v) is 2.30. The lowest BCUT2D eigenvalue weighted by molar-refractivity contribution is -0.138. The van der Waals surface area contributed by atoms with Crippen LogP contribution in [0.25, 0.3) is 0 Å². The van der Waals surface area contributed by atoms with E-state index in [0.717, 1.165) is 11.3 Å². The minimum atomic E-state index is -1.08. The van der Waals surface area contributed by atoms with Crippen molar-refractivity contribution < 1.29 is 14.3 Å². The number of para-hydroxylation sites is 1. The van der Waals surface area contributed by atoms with E-state index in [1.165, 1.54) is 12.1 Å². The number of carboxylic acids is 1. The summed E-state index contributed by atoms with van der Waals surface area (Å²) in [4.78, 5) is 13.1. The molecule has 0 aliphatic rings. The van der Waals surface area contributed by atoms with Crippen LogP contribution in [-0.4, -0.2) is 18.1 Å². The summed E-state index contributed by atoms with van der Waals surface area (Å²) in [7, 11) is 1.66. The second kappa shape index (κ2) is 5.74. The first-order valence-corrected chi connectivity index (χ1v) is 6.28. The summed E-state index contributed by atoms with van der Waals surface area (Å²) in [6, 6.07) is 12.3. The number of hydrogen-bond donors (Lipinski definition) is 1. The van der Waals surface area contributed by atoms with Crippen LogP contribution in [0, 0.1) is 12.7 Å². The van der Waals surface area contributed by atoms with Crippen LogP contribution >= 0.6 is 0 Å². The lowest BCUT2D eigenvalue weighted by Crippen LogP contribution is -2.31. The Balaban J connectivity index is 2.48. The molecule has 0 heterocycles. The van der Waals surface area contributed by atoms with Gasteiger partial charge in [0.15, 0.2) is 6.04 Å². The van der Waals surface area contributed by atoms with Crippen molar-refractivity contribution in [2.45, 2.75) is 13.0 Å². The SMILES string of the molecule is Cc1ccccc1N(C)C(C(=O)O)c1ccccc1F. The summed E-state index contributed by atoms with van der Waals surface area (Å²) in [6.45, 7) is 1.89. The van der Waals surface area contributed by atoms with Crippen molar-refractivity contribution in [2.24, 2.45) is 0 Å². The molecule has 0 fully saturated rings.